The Hall–Kier alpha value is -2.49. The molecule has 0 fully saturated rings. The molecule has 3 rings (SSSR count). The quantitative estimate of drug-likeness (QED) is 0.691. The van der Waals surface area contributed by atoms with E-state index in [0.717, 1.165) is 5.56 Å². The molecule has 0 aliphatic rings. The molecule has 0 saturated carbocycles. The predicted octanol–water partition coefficient (Wildman–Crippen LogP) is 1.85. The molecule has 0 aliphatic heterocycles. The van der Waals surface area contributed by atoms with E-state index in [2.05, 4.69) is 4.72 Å². The first kappa shape index (κ1) is 19.3. The molecule has 9 heteroatoms. The summed E-state index contributed by atoms with van der Waals surface area (Å²) in [6, 6.07) is 9.91. The standard InChI is InChI=1S/C18H20FN3O4S/c1-21(2)16(12-4-6-13(19)7-5-12)11-20-27(24,25)14-8-9-15-17(10-14)26-18(23)22(15)3/h4-10,16,20H,11H2,1-3H3/t16-/m0/s1. The Morgan fingerprint density at radius 3 is 2.48 bits per heavy atom. The number of nitrogens with zero attached hydrogens (tertiary/aromatic N) is 2. The van der Waals surface area contributed by atoms with Gasteiger partial charge in [0.25, 0.3) is 0 Å². The maximum atomic E-state index is 13.1. The van der Waals surface area contributed by atoms with Gasteiger partial charge in [0.05, 0.1) is 10.4 Å². The maximum absolute atomic E-state index is 13.1. The van der Waals surface area contributed by atoms with Crippen LogP contribution in [0.5, 0.6) is 0 Å². The summed E-state index contributed by atoms with van der Waals surface area (Å²) >= 11 is 0. The molecule has 3 aromatic rings. The molecule has 0 aliphatic carbocycles. The molecule has 1 aromatic heterocycles. The first-order valence-corrected chi connectivity index (χ1v) is 9.68. The van der Waals surface area contributed by atoms with Crippen molar-refractivity contribution in [3.63, 3.8) is 0 Å². The number of oxazole rings is 1. The van der Waals surface area contributed by atoms with Gasteiger partial charge in [-0.2, -0.15) is 0 Å². The van der Waals surface area contributed by atoms with Gasteiger partial charge in [-0.3, -0.25) is 4.57 Å². The number of halogens is 1. The van der Waals surface area contributed by atoms with Crippen molar-refractivity contribution < 1.29 is 17.2 Å². The van der Waals surface area contributed by atoms with Crippen LogP contribution >= 0.6 is 0 Å². The van der Waals surface area contributed by atoms with Crippen LogP contribution in [0.2, 0.25) is 0 Å². The van der Waals surface area contributed by atoms with Crippen LogP contribution in [-0.2, 0) is 17.1 Å². The zero-order chi connectivity index (χ0) is 19.8. The van der Waals surface area contributed by atoms with Crippen molar-refractivity contribution >= 4 is 21.1 Å². The number of sulfonamides is 1. The SMILES string of the molecule is CN(C)[C@@H](CNS(=O)(=O)c1ccc2c(c1)oc(=O)n2C)c1ccc(F)cc1. The van der Waals surface area contributed by atoms with E-state index in [9.17, 15) is 17.6 Å². The lowest BCUT2D eigenvalue weighted by Gasteiger charge is -2.25. The zero-order valence-corrected chi connectivity index (χ0v) is 16.0. The minimum atomic E-state index is -3.82. The maximum Gasteiger partial charge on any atom is 0.419 e. The molecule has 0 unspecified atom stereocenters. The average Bonchev–Trinajstić information content (AvgIpc) is 2.90. The molecular weight excluding hydrogens is 373 g/mol. The first-order chi connectivity index (χ1) is 12.7. The third-order valence-corrected chi connectivity index (χ3v) is 5.84. The normalized spacial score (nSPS) is 13.4. The molecule has 7 nitrogen and oxygen atoms in total. The Labute approximate surface area is 156 Å². The van der Waals surface area contributed by atoms with Crippen LogP contribution in [0.1, 0.15) is 11.6 Å². The van der Waals surface area contributed by atoms with Crippen molar-refractivity contribution in [2.75, 3.05) is 20.6 Å². The molecule has 0 amide bonds. The monoisotopic (exact) mass is 393 g/mol. The van der Waals surface area contributed by atoms with Gasteiger partial charge in [-0.05, 0) is 43.9 Å². The van der Waals surface area contributed by atoms with Crippen molar-refractivity contribution in [3.05, 3.63) is 64.4 Å². The number of benzene rings is 2. The van der Waals surface area contributed by atoms with Gasteiger partial charge < -0.3 is 9.32 Å². The predicted molar refractivity (Wildman–Crippen MR) is 99.5 cm³/mol. The molecule has 0 spiro atoms. The van der Waals surface area contributed by atoms with E-state index < -0.39 is 15.8 Å². The van der Waals surface area contributed by atoms with Crippen molar-refractivity contribution in [3.8, 4) is 0 Å². The third-order valence-electron chi connectivity index (χ3n) is 4.42. The van der Waals surface area contributed by atoms with Crippen molar-refractivity contribution in [2.45, 2.75) is 10.9 Å². The van der Waals surface area contributed by atoms with Crippen LogP contribution in [0.25, 0.3) is 11.1 Å². The van der Waals surface area contributed by atoms with Crippen LogP contribution in [0.3, 0.4) is 0 Å². The van der Waals surface area contributed by atoms with E-state index in [0.29, 0.717) is 5.52 Å². The third kappa shape index (κ3) is 3.95. The van der Waals surface area contributed by atoms with Gasteiger partial charge in [0.2, 0.25) is 10.0 Å². The second kappa shape index (κ2) is 7.26. The van der Waals surface area contributed by atoms with Gasteiger partial charge in [0.15, 0.2) is 5.58 Å². The Balaban J connectivity index is 1.84. The van der Waals surface area contributed by atoms with E-state index in [4.69, 9.17) is 4.42 Å². The number of aryl methyl sites for hydroxylation is 1. The summed E-state index contributed by atoms with van der Waals surface area (Å²) in [6.45, 7) is 0.0950. The summed E-state index contributed by atoms with van der Waals surface area (Å²) < 4.78 is 47.4. The lowest BCUT2D eigenvalue weighted by atomic mass is 10.1. The highest BCUT2D eigenvalue weighted by molar-refractivity contribution is 7.89. The molecule has 144 valence electrons. The van der Waals surface area contributed by atoms with Crippen LogP contribution in [-0.4, -0.2) is 38.5 Å². The largest absolute Gasteiger partial charge is 0.419 e. The number of rotatable bonds is 6. The van der Waals surface area contributed by atoms with Crippen LogP contribution in [0, 0.1) is 5.82 Å². The number of fused-ring (bicyclic) bond motifs is 1. The molecule has 1 heterocycles. The van der Waals surface area contributed by atoms with Gasteiger partial charge in [-0.15, -0.1) is 0 Å². The fourth-order valence-corrected chi connectivity index (χ4v) is 3.89. The molecule has 0 bridgehead atoms. The van der Waals surface area contributed by atoms with Crippen molar-refractivity contribution in [1.82, 2.24) is 14.2 Å². The van der Waals surface area contributed by atoms with E-state index >= 15 is 0 Å². The van der Waals surface area contributed by atoms with Gasteiger partial charge in [-0.1, -0.05) is 12.1 Å². The van der Waals surface area contributed by atoms with Gasteiger partial charge in [-0.25, -0.2) is 22.3 Å². The fourth-order valence-electron chi connectivity index (χ4n) is 2.84. The molecule has 27 heavy (non-hydrogen) atoms. The average molecular weight is 393 g/mol. The summed E-state index contributed by atoms with van der Waals surface area (Å²) in [4.78, 5) is 13.4. The smallest absolute Gasteiger partial charge is 0.408 e. The molecule has 1 atom stereocenters. The highest BCUT2D eigenvalue weighted by Crippen LogP contribution is 2.21. The summed E-state index contributed by atoms with van der Waals surface area (Å²) in [5.74, 6) is -0.911. The first-order valence-electron chi connectivity index (χ1n) is 8.20. The summed E-state index contributed by atoms with van der Waals surface area (Å²) in [6.07, 6.45) is 0. The molecule has 0 radical (unpaired) electrons. The number of aromatic nitrogens is 1. The van der Waals surface area contributed by atoms with E-state index in [1.54, 1.807) is 19.2 Å². The van der Waals surface area contributed by atoms with Crippen LogP contribution < -0.4 is 10.5 Å². The van der Waals surface area contributed by atoms with Crippen molar-refractivity contribution in [1.29, 1.82) is 0 Å². The van der Waals surface area contributed by atoms with E-state index in [1.165, 1.54) is 34.9 Å². The molecule has 1 N–H and O–H groups in total. The molecular formula is C18H20FN3O4S. The van der Waals surface area contributed by atoms with E-state index in [1.807, 2.05) is 19.0 Å². The lowest BCUT2D eigenvalue weighted by molar-refractivity contribution is 0.299. The number of hydrogen-bond donors (Lipinski definition) is 1. The summed E-state index contributed by atoms with van der Waals surface area (Å²) in [5, 5.41) is 0. The molecule has 2 aromatic carbocycles. The lowest BCUT2D eigenvalue weighted by Crippen LogP contribution is -2.34. The molecule has 0 saturated heterocycles. The highest BCUT2D eigenvalue weighted by Gasteiger charge is 2.21. The fraction of sp³-hybridized carbons (Fsp3) is 0.278. The van der Waals surface area contributed by atoms with E-state index in [-0.39, 0.29) is 28.9 Å². The van der Waals surface area contributed by atoms with Crippen LogP contribution in [0.4, 0.5) is 4.39 Å². The second-order valence-electron chi connectivity index (χ2n) is 6.44. The Kier molecular flexibility index (Phi) is 5.18. The summed E-state index contributed by atoms with van der Waals surface area (Å²) in [7, 11) is 1.35. The zero-order valence-electron chi connectivity index (χ0n) is 15.1. The second-order valence-corrected chi connectivity index (χ2v) is 8.21. The Bertz CT molecular complexity index is 1120. The van der Waals surface area contributed by atoms with Gasteiger partial charge in [0.1, 0.15) is 5.82 Å². The Morgan fingerprint density at radius 1 is 1.19 bits per heavy atom. The summed E-state index contributed by atoms with van der Waals surface area (Å²) in [5.41, 5.74) is 1.50. The number of hydrogen-bond acceptors (Lipinski definition) is 5. The van der Waals surface area contributed by atoms with Crippen LogP contribution in [0.15, 0.2) is 56.6 Å². The number of nitrogens with one attached hydrogen (secondary N) is 1. The minimum absolute atomic E-state index is 0.000891. The number of likely N-dealkylation sites (N-methyl/N-ethyl adjacent to an activating group) is 1. The van der Waals surface area contributed by atoms with Gasteiger partial charge >= 0.3 is 5.76 Å². The topological polar surface area (TPSA) is 84.6 Å². The Morgan fingerprint density at radius 2 is 1.85 bits per heavy atom. The highest BCUT2D eigenvalue weighted by atomic mass is 32.2. The van der Waals surface area contributed by atoms with Crippen molar-refractivity contribution in [2.24, 2.45) is 7.05 Å². The minimum Gasteiger partial charge on any atom is -0.408 e. The van der Waals surface area contributed by atoms with Gasteiger partial charge in [0, 0.05) is 25.7 Å².